The minimum absolute atomic E-state index is 0.172. The lowest BCUT2D eigenvalue weighted by Gasteiger charge is -2.29. The quantitative estimate of drug-likeness (QED) is 0.636. The molecule has 2 aromatic rings. The van der Waals surface area contributed by atoms with Gasteiger partial charge in [-0.2, -0.15) is 0 Å². The maximum Gasteiger partial charge on any atom is 0.333 e. The van der Waals surface area contributed by atoms with Crippen LogP contribution < -0.4 is 5.32 Å². The summed E-state index contributed by atoms with van der Waals surface area (Å²) < 4.78 is 4.80. The third-order valence-corrected chi connectivity index (χ3v) is 4.66. The van der Waals surface area contributed by atoms with Crippen molar-refractivity contribution in [2.75, 3.05) is 7.11 Å². The molecule has 0 saturated heterocycles. The summed E-state index contributed by atoms with van der Waals surface area (Å²) in [5.41, 5.74) is 0.490. The molecular weight excluding hydrogens is 372 g/mol. The Labute approximate surface area is 168 Å². The van der Waals surface area contributed by atoms with Gasteiger partial charge in [-0.3, -0.25) is 19.3 Å². The molecule has 0 bridgehead atoms. The van der Waals surface area contributed by atoms with Crippen LogP contribution in [0, 0.1) is 0 Å². The Bertz CT molecular complexity index is 992. The zero-order valence-corrected chi connectivity index (χ0v) is 16.7. The van der Waals surface area contributed by atoms with Crippen LogP contribution in [0.25, 0.3) is 0 Å². The fraction of sp³-hybridized carbons (Fsp3) is 0.273. The van der Waals surface area contributed by atoms with Crippen molar-refractivity contribution in [3.05, 3.63) is 70.8 Å². The van der Waals surface area contributed by atoms with Crippen molar-refractivity contribution in [3.8, 4) is 0 Å². The maximum atomic E-state index is 12.8. The number of ether oxygens (including phenoxy) is 1. The van der Waals surface area contributed by atoms with E-state index < -0.39 is 29.4 Å². The second-order valence-electron chi connectivity index (χ2n) is 7.72. The number of methoxy groups -OCH3 is 1. The summed E-state index contributed by atoms with van der Waals surface area (Å²) in [7, 11) is 1.24. The number of rotatable bonds is 4. The second-order valence-corrected chi connectivity index (χ2v) is 7.72. The monoisotopic (exact) mass is 394 g/mol. The van der Waals surface area contributed by atoms with E-state index in [1.807, 2.05) is 0 Å². The molecule has 1 aliphatic rings. The molecule has 0 radical (unpaired) electrons. The van der Waals surface area contributed by atoms with Gasteiger partial charge in [0.1, 0.15) is 0 Å². The molecule has 2 aromatic carbocycles. The van der Waals surface area contributed by atoms with Crippen molar-refractivity contribution in [2.45, 2.75) is 32.4 Å². The number of hydrogen-bond donors (Lipinski definition) is 1. The Morgan fingerprint density at radius 2 is 1.59 bits per heavy atom. The highest BCUT2D eigenvalue weighted by Gasteiger charge is 2.42. The predicted molar refractivity (Wildman–Crippen MR) is 105 cm³/mol. The summed E-state index contributed by atoms with van der Waals surface area (Å²) in [5.74, 6) is -2.00. The number of benzene rings is 2. The molecule has 1 aliphatic heterocycles. The number of amides is 3. The first-order chi connectivity index (χ1) is 13.6. The third-order valence-electron chi connectivity index (χ3n) is 4.66. The van der Waals surface area contributed by atoms with Crippen LogP contribution in [0.15, 0.2) is 48.5 Å². The first-order valence-electron chi connectivity index (χ1n) is 9.11. The lowest BCUT2D eigenvalue weighted by atomic mass is 10.0. The average molecular weight is 394 g/mol. The number of fused-ring (bicyclic) bond motifs is 1. The normalized spacial score (nSPS) is 14.4. The van der Waals surface area contributed by atoms with Gasteiger partial charge in [0.15, 0.2) is 6.04 Å². The first-order valence-corrected chi connectivity index (χ1v) is 9.11. The zero-order valence-electron chi connectivity index (χ0n) is 16.7. The molecule has 0 aliphatic carbocycles. The van der Waals surface area contributed by atoms with Gasteiger partial charge in [-0.15, -0.1) is 0 Å². The molecule has 1 unspecified atom stereocenters. The summed E-state index contributed by atoms with van der Waals surface area (Å²) in [6.45, 7) is 5.30. The average Bonchev–Trinajstić information content (AvgIpc) is 2.96. The van der Waals surface area contributed by atoms with Gasteiger partial charge in [-0.05, 0) is 44.5 Å². The molecule has 1 heterocycles. The van der Waals surface area contributed by atoms with Crippen molar-refractivity contribution in [1.82, 2.24) is 10.2 Å². The molecule has 0 saturated carbocycles. The Hall–Kier alpha value is -3.48. The number of carbonyl (C=O) groups is 4. The van der Waals surface area contributed by atoms with E-state index in [0.29, 0.717) is 5.56 Å². The van der Waals surface area contributed by atoms with Gasteiger partial charge in [0.05, 0.1) is 18.2 Å². The number of esters is 1. The molecule has 150 valence electrons. The highest BCUT2D eigenvalue weighted by molar-refractivity contribution is 6.22. The molecule has 1 atom stereocenters. The topological polar surface area (TPSA) is 92.8 Å². The van der Waals surface area contributed by atoms with Crippen molar-refractivity contribution in [2.24, 2.45) is 0 Å². The van der Waals surface area contributed by atoms with E-state index in [1.165, 1.54) is 30.2 Å². The van der Waals surface area contributed by atoms with Crippen LogP contribution in [-0.2, 0) is 9.53 Å². The zero-order chi connectivity index (χ0) is 21.3. The predicted octanol–water partition coefficient (Wildman–Crippen LogP) is 2.73. The van der Waals surface area contributed by atoms with Crippen LogP contribution >= 0.6 is 0 Å². The van der Waals surface area contributed by atoms with Crippen molar-refractivity contribution < 1.29 is 23.9 Å². The van der Waals surface area contributed by atoms with Gasteiger partial charge in [0.25, 0.3) is 17.7 Å². The molecule has 3 rings (SSSR count). The summed E-state index contributed by atoms with van der Waals surface area (Å²) in [5, 5.41) is 2.64. The van der Waals surface area contributed by atoms with Crippen LogP contribution in [0.3, 0.4) is 0 Å². The summed E-state index contributed by atoms with van der Waals surface area (Å²) >= 11 is 0. The highest BCUT2D eigenvalue weighted by Crippen LogP contribution is 2.30. The summed E-state index contributed by atoms with van der Waals surface area (Å²) in [6, 6.07) is 12.0. The Morgan fingerprint density at radius 1 is 0.966 bits per heavy atom. The van der Waals surface area contributed by atoms with Gasteiger partial charge in [0.2, 0.25) is 0 Å². The fourth-order valence-electron chi connectivity index (χ4n) is 3.25. The standard InChI is InChI=1S/C22H22N2O5/c1-22(2,3)24-19(26)15-11-10-14(12-16(15)20(24)27)18(25)23-17(21(28)29-4)13-8-6-5-7-9-13/h5-12,17H,1-4H3,(H,23,25). The maximum absolute atomic E-state index is 12.8. The molecule has 0 aromatic heterocycles. The molecule has 29 heavy (non-hydrogen) atoms. The molecule has 0 spiro atoms. The van der Waals surface area contributed by atoms with E-state index in [1.54, 1.807) is 51.1 Å². The lowest BCUT2D eigenvalue weighted by molar-refractivity contribution is -0.143. The lowest BCUT2D eigenvalue weighted by Crippen LogP contribution is -2.45. The molecule has 0 fully saturated rings. The van der Waals surface area contributed by atoms with E-state index in [4.69, 9.17) is 4.74 Å². The Morgan fingerprint density at radius 3 is 2.17 bits per heavy atom. The SMILES string of the molecule is COC(=O)C(NC(=O)c1ccc2c(c1)C(=O)N(C(C)(C)C)C2=O)c1ccccc1. The minimum Gasteiger partial charge on any atom is -0.467 e. The Balaban J connectivity index is 1.90. The van der Waals surface area contributed by atoms with E-state index in [9.17, 15) is 19.2 Å². The van der Waals surface area contributed by atoms with Gasteiger partial charge in [-0.1, -0.05) is 30.3 Å². The molecule has 1 N–H and O–H groups in total. The number of hydrogen-bond acceptors (Lipinski definition) is 5. The minimum atomic E-state index is -0.995. The van der Waals surface area contributed by atoms with Gasteiger partial charge in [0, 0.05) is 11.1 Å². The molecule has 3 amide bonds. The number of carbonyl (C=O) groups excluding carboxylic acids is 4. The van der Waals surface area contributed by atoms with Crippen molar-refractivity contribution in [3.63, 3.8) is 0 Å². The van der Waals surface area contributed by atoms with Gasteiger partial charge >= 0.3 is 5.97 Å². The van der Waals surface area contributed by atoms with E-state index in [2.05, 4.69) is 5.32 Å². The van der Waals surface area contributed by atoms with Crippen LogP contribution in [0.1, 0.15) is 63.5 Å². The van der Waals surface area contributed by atoms with Crippen LogP contribution in [0.2, 0.25) is 0 Å². The van der Waals surface area contributed by atoms with Gasteiger partial charge < -0.3 is 10.1 Å². The molecular formula is C22H22N2O5. The van der Waals surface area contributed by atoms with Gasteiger partial charge in [-0.25, -0.2) is 4.79 Å². The Kier molecular flexibility index (Phi) is 5.24. The number of nitrogens with zero attached hydrogens (tertiary/aromatic N) is 1. The third kappa shape index (κ3) is 3.76. The molecule has 7 nitrogen and oxygen atoms in total. The fourth-order valence-corrected chi connectivity index (χ4v) is 3.25. The number of nitrogens with one attached hydrogen (secondary N) is 1. The van der Waals surface area contributed by atoms with Crippen LogP contribution in [0.5, 0.6) is 0 Å². The van der Waals surface area contributed by atoms with Crippen molar-refractivity contribution in [1.29, 1.82) is 0 Å². The molecule has 7 heteroatoms. The second kappa shape index (κ2) is 7.50. The first kappa shape index (κ1) is 20.3. The van der Waals surface area contributed by atoms with E-state index in [0.717, 1.165) is 0 Å². The van der Waals surface area contributed by atoms with E-state index >= 15 is 0 Å². The van der Waals surface area contributed by atoms with Crippen LogP contribution in [0.4, 0.5) is 0 Å². The van der Waals surface area contributed by atoms with Crippen LogP contribution in [-0.4, -0.2) is 41.2 Å². The summed E-state index contributed by atoms with van der Waals surface area (Å²) in [4.78, 5) is 51.4. The van der Waals surface area contributed by atoms with Crippen molar-refractivity contribution >= 4 is 23.7 Å². The van der Waals surface area contributed by atoms with E-state index in [-0.39, 0.29) is 22.6 Å². The smallest absolute Gasteiger partial charge is 0.333 e. The largest absolute Gasteiger partial charge is 0.467 e. The summed E-state index contributed by atoms with van der Waals surface area (Å²) in [6.07, 6.45) is 0. The highest BCUT2D eigenvalue weighted by atomic mass is 16.5. The number of imide groups is 1.